The average molecular weight is 400 g/mol. The maximum Gasteiger partial charge on any atom is 0.236 e. The second-order valence-corrected chi connectivity index (χ2v) is 7.99. The number of aromatic nitrogens is 1. The standard InChI is InChI=1S/C25H24N2O3/c1-3-17-5-4-6-18(13-17)20-8-10-23(26-16(20)2)27-24(28)25(11-12-25)19-7-9-21-22(14-19)30-15-29-21/h4-10,13-14H,3,11-12,15H2,1-2H3,(H,26,27,28). The predicted octanol–water partition coefficient (Wildman–Crippen LogP) is 5.02. The third-order valence-corrected chi connectivity index (χ3v) is 6.08. The first kappa shape index (κ1) is 18.7. The van der Waals surface area contributed by atoms with Crippen LogP contribution in [0.3, 0.4) is 0 Å². The molecule has 0 spiro atoms. The number of anilines is 1. The summed E-state index contributed by atoms with van der Waals surface area (Å²) in [6.07, 6.45) is 2.63. The quantitative estimate of drug-likeness (QED) is 0.653. The van der Waals surface area contributed by atoms with Crippen molar-refractivity contribution in [2.24, 2.45) is 0 Å². The zero-order valence-corrected chi connectivity index (χ0v) is 17.2. The summed E-state index contributed by atoms with van der Waals surface area (Å²) in [7, 11) is 0. The molecule has 5 heteroatoms. The number of carbonyl (C=O) groups is 1. The summed E-state index contributed by atoms with van der Waals surface area (Å²) in [6, 6.07) is 18.2. The molecule has 2 aliphatic rings. The van der Waals surface area contributed by atoms with Crippen molar-refractivity contribution in [2.75, 3.05) is 12.1 Å². The lowest BCUT2D eigenvalue weighted by atomic mass is 9.94. The third-order valence-electron chi connectivity index (χ3n) is 6.08. The van der Waals surface area contributed by atoms with Crippen LogP contribution in [0.15, 0.2) is 54.6 Å². The number of rotatable bonds is 5. The van der Waals surface area contributed by atoms with Crippen LogP contribution in [0, 0.1) is 6.92 Å². The Bertz CT molecular complexity index is 1130. The molecule has 2 heterocycles. The van der Waals surface area contributed by atoms with E-state index in [4.69, 9.17) is 9.47 Å². The Labute approximate surface area is 176 Å². The van der Waals surface area contributed by atoms with Gasteiger partial charge in [-0.3, -0.25) is 4.79 Å². The molecular formula is C25H24N2O3. The molecule has 0 unspecified atom stereocenters. The van der Waals surface area contributed by atoms with Crippen LogP contribution in [-0.2, 0) is 16.6 Å². The number of hydrogen-bond donors (Lipinski definition) is 1. The number of amides is 1. The number of nitrogens with one attached hydrogen (secondary N) is 1. The Morgan fingerprint density at radius 2 is 1.90 bits per heavy atom. The molecule has 1 aromatic heterocycles. The number of hydrogen-bond acceptors (Lipinski definition) is 4. The van der Waals surface area contributed by atoms with Crippen molar-refractivity contribution >= 4 is 11.7 Å². The molecule has 1 aliphatic heterocycles. The molecule has 2 aromatic carbocycles. The zero-order chi connectivity index (χ0) is 20.7. The van der Waals surface area contributed by atoms with Crippen molar-refractivity contribution in [1.29, 1.82) is 0 Å². The van der Waals surface area contributed by atoms with Gasteiger partial charge in [-0.2, -0.15) is 0 Å². The molecule has 1 amide bonds. The second-order valence-electron chi connectivity index (χ2n) is 7.99. The number of carbonyl (C=O) groups excluding carboxylic acids is 1. The highest BCUT2D eigenvalue weighted by Crippen LogP contribution is 2.51. The van der Waals surface area contributed by atoms with Crippen molar-refractivity contribution < 1.29 is 14.3 Å². The van der Waals surface area contributed by atoms with Crippen LogP contribution in [0.5, 0.6) is 11.5 Å². The molecule has 0 bridgehead atoms. The van der Waals surface area contributed by atoms with E-state index in [0.717, 1.165) is 47.4 Å². The molecular weight excluding hydrogens is 376 g/mol. The summed E-state index contributed by atoms with van der Waals surface area (Å²) < 4.78 is 10.9. The summed E-state index contributed by atoms with van der Waals surface area (Å²) in [5, 5.41) is 3.03. The van der Waals surface area contributed by atoms with Gasteiger partial charge in [-0.05, 0) is 67.1 Å². The molecule has 1 N–H and O–H groups in total. The van der Waals surface area contributed by atoms with Crippen LogP contribution in [0.1, 0.15) is 36.6 Å². The molecule has 0 radical (unpaired) electrons. The number of benzene rings is 2. The van der Waals surface area contributed by atoms with Gasteiger partial charge in [-0.25, -0.2) is 4.98 Å². The van der Waals surface area contributed by atoms with Gasteiger partial charge < -0.3 is 14.8 Å². The molecule has 30 heavy (non-hydrogen) atoms. The van der Waals surface area contributed by atoms with E-state index in [1.807, 2.05) is 37.3 Å². The molecule has 152 valence electrons. The predicted molar refractivity (Wildman–Crippen MR) is 116 cm³/mol. The normalized spacial score (nSPS) is 15.7. The summed E-state index contributed by atoms with van der Waals surface area (Å²) >= 11 is 0. The molecule has 3 aromatic rings. The lowest BCUT2D eigenvalue weighted by molar-refractivity contribution is -0.118. The molecule has 1 saturated carbocycles. The minimum absolute atomic E-state index is 0.0194. The minimum Gasteiger partial charge on any atom is -0.454 e. The van der Waals surface area contributed by atoms with E-state index >= 15 is 0 Å². The van der Waals surface area contributed by atoms with Crippen LogP contribution in [0.25, 0.3) is 11.1 Å². The monoisotopic (exact) mass is 400 g/mol. The molecule has 1 fully saturated rings. The highest BCUT2D eigenvalue weighted by atomic mass is 16.7. The molecule has 5 rings (SSSR count). The van der Waals surface area contributed by atoms with Gasteiger partial charge in [0.25, 0.3) is 0 Å². The zero-order valence-electron chi connectivity index (χ0n) is 17.2. The van der Waals surface area contributed by atoms with Crippen molar-refractivity contribution in [1.82, 2.24) is 4.98 Å². The second kappa shape index (κ2) is 7.17. The van der Waals surface area contributed by atoms with E-state index in [9.17, 15) is 4.79 Å². The summed E-state index contributed by atoms with van der Waals surface area (Å²) in [5.74, 6) is 2.00. The Hall–Kier alpha value is -3.34. The Morgan fingerprint density at radius 3 is 2.67 bits per heavy atom. The molecule has 5 nitrogen and oxygen atoms in total. The average Bonchev–Trinajstić information content (AvgIpc) is 3.45. The van der Waals surface area contributed by atoms with Gasteiger partial charge in [0, 0.05) is 11.3 Å². The van der Waals surface area contributed by atoms with Crippen LogP contribution in [0.4, 0.5) is 5.82 Å². The van der Waals surface area contributed by atoms with E-state index in [-0.39, 0.29) is 12.7 Å². The van der Waals surface area contributed by atoms with Gasteiger partial charge >= 0.3 is 0 Å². The van der Waals surface area contributed by atoms with Crippen molar-refractivity contribution in [2.45, 2.75) is 38.5 Å². The Kier molecular flexibility index (Phi) is 4.46. The molecule has 0 saturated heterocycles. The van der Waals surface area contributed by atoms with Crippen LogP contribution >= 0.6 is 0 Å². The lowest BCUT2D eigenvalue weighted by Crippen LogP contribution is -2.28. The van der Waals surface area contributed by atoms with E-state index < -0.39 is 5.41 Å². The minimum atomic E-state index is -0.509. The van der Waals surface area contributed by atoms with Crippen molar-refractivity contribution in [3.63, 3.8) is 0 Å². The first-order valence-electron chi connectivity index (χ1n) is 10.4. The highest BCUT2D eigenvalue weighted by Gasteiger charge is 2.51. The van der Waals surface area contributed by atoms with Crippen LogP contribution < -0.4 is 14.8 Å². The Balaban J connectivity index is 1.37. The lowest BCUT2D eigenvalue weighted by Gasteiger charge is -2.17. The number of nitrogens with zero attached hydrogens (tertiary/aromatic N) is 1. The summed E-state index contributed by atoms with van der Waals surface area (Å²) in [5.41, 5.74) is 4.88. The summed E-state index contributed by atoms with van der Waals surface area (Å²) in [4.78, 5) is 17.8. The number of fused-ring (bicyclic) bond motifs is 1. The fraction of sp³-hybridized carbons (Fsp3) is 0.280. The maximum atomic E-state index is 13.1. The smallest absolute Gasteiger partial charge is 0.236 e. The van der Waals surface area contributed by atoms with Gasteiger partial charge in [0.2, 0.25) is 12.7 Å². The largest absolute Gasteiger partial charge is 0.454 e. The number of pyridine rings is 1. The fourth-order valence-electron chi connectivity index (χ4n) is 4.10. The van der Waals surface area contributed by atoms with E-state index in [1.54, 1.807) is 0 Å². The van der Waals surface area contributed by atoms with Gasteiger partial charge in [0.1, 0.15) is 5.82 Å². The first-order valence-corrected chi connectivity index (χ1v) is 10.4. The van der Waals surface area contributed by atoms with Gasteiger partial charge in [-0.15, -0.1) is 0 Å². The van der Waals surface area contributed by atoms with Gasteiger partial charge in [-0.1, -0.05) is 37.3 Å². The summed E-state index contributed by atoms with van der Waals surface area (Å²) in [6.45, 7) is 4.36. The van der Waals surface area contributed by atoms with E-state index in [2.05, 4.69) is 41.5 Å². The Morgan fingerprint density at radius 1 is 1.07 bits per heavy atom. The number of ether oxygens (including phenoxy) is 2. The molecule has 1 aliphatic carbocycles. The van der Waals surface area contributed by atoms with Crippen molar-refractivity contribution in [3.05, 3.63) is 71.4 Å². The number of aryl methyl sites for hydroxylation is 2. The SMILES string of the molecule is CCc1cccc(-c2ccc(NC(=O)C3(c4ccc5c(c4)OCO5)CC3)nc2C)c1. The van der Waals surface area contributed by atoms with E-state index in [0.29, 0.717) is 11.6 Å². The van der Waals surface area contributed by atoms with Gasteiger partial charge in [0.05, 0.1) is 5.41 Å². The van der Waals surface area contributed by atoms with Crippen LogP contribution in [0.2, 0.25) is 0 Å². The van der Waals surface area contributed by atoms with Gasteiger partial charge in [0.15, 0.2) is 11.5 Å². The van der Waals surface area contributed by atoms with Crippen LogP contribution in [-0.4, -0.2) is 17.7 Å². The topological polar surface area (TPSA) is 60.5 Å². The highest BCUT2D eigenvalue weighted by molar-refractivity contribution is 6.01. The fourth-order valence-corrected chi connectivity index (χ4v) is 4.10. The van der Waals surface area contributed by atoms with Crippen molar-refractivity contribution in [3.8, 4) is 22.6 Å². The first-order chi connectivity index (χ1) is 14.6. The third kappa shape index (κ3) is 3.20. The van der Waals surface area contributed by atoms with E-state index in [1.165, 1.54) is 5.56 Å². The maximum absolute atomic E-state index is 13.1. The molecule has 0 atom stereocenters.